The van der Waals surface area contributed by atoms with Crippen molar-refractivity contribution in [3.63, 3.8) is 0 Å². The normalized spacial score (nSPS) is 48.7. The van der Waals surface area contributed by atoms with Crippen LogP contribution in [0, 0.1) is 22.7 Å². The summed E-state index contributed by atoms with van der Waals surface area (Å²) in [6.45, 7) is 14.3. The summed E-state index contributed by atoms with van der Waals surface area (Å²) in [7, 11) is 8.01. The number of ketones is 1. The van der Waals surface area contributed by atoms with Crippen molar-refractivity contribution in [1.29, 1.82) is 0 Å². The largest absolute Gasteiger partial charge is 0.458 e. The number of methoxy groups -OCH3 is 5. The van der Waals surface area contributed by atoms with Crippen LogP contribution in [0.4, 0.5) is 0 Å². The lowest BCUT2D eigenvalue weighted by Gasteiger charge is -2.66. The van der Waals surface area contributed by atoms with Gasteiger partial charge in [0.15, 0.2) is 37.7 Å². The quantitative estimate of drug-likeness (QED) is 0.0529. The number of hydrogen-bond acceptors (Lipinski definition) is 26. The molecule has 6 heterocycles. The first-order valence-electron chi connectivity index (χ1n) is 35.0. The molecule has 9 fully saturated rings. The molecule has 26 heteroatoms. The maximum atomic E-state index is 13.7. The van der Waals surface area contributed by atoms with Crippen molar-refractivity contribution in [3.05, 3.63) is 53.6 Å². The molecule has 26 nitrogen and oxygen atoms in total. The second-order valence-corrected chi connectivity index (χ2v) is 29.2. The minimum absolute atomic E-state index is 0.0987. The van der Waals surface area contributed by atoms with Gasteiger partial charge in [0, 0.05) is 91.0 Å². The first kappa shape index (κ1) is 75.1. The molecule has 6 aliphatic heterocycles. The lowest BCUT2D eigenvalue weighted by atomic mass is 9.43. The molecule has 0 amide bonds. The Morgan fingerprint density at radius 2 is 1.01 bits per heavy atom. The fourth-order valence-corrected chi connectivity index (χ4v) is 18.3. The van der Waals surface area contributed by atoms with Gasteiger partial charge in [-0.05, 0) is 104 Å². The molecule has 1 aromatic carbocycles. The van der Waals surface area contributed by atoms with Gasteiger partial charge in [-0.3, -0.25) is 4.79 Å². The molecule has 11 rings (SSSR count). The number of benzene rings is 1. The minimum Gasteiger partial charge on any atom is -0.458 e. The van der Waals surface area contributed by atoms with Crippen molar-refractivity contribution in [2.45, 2.75) is 310 Å². The molecule has 548 valence electrons. The molecule has 6 N–H and O–H groups in total. The summed E-state index contributed by atoms with van der Waals surface area (Å²) in [5.41, 5.74) is -3.12. The van der Waals surface area contributed by atoms with E-state index in [9.17, 15) is 40.2 Å². The number of fused-ring (bicyclic) bond motifs is 5. The maximum absolute atomic E-state index is 13.7. The van der Waals surface area contributed by atoms with Crippen LogP contribution in [0.1, 0.15) is 138 Å². The highest BCUT2D eigenvalue weighted by molar-refractivity contribution is 5.87. The molecule has 0 aromatic heterocycles. The van der Waals surface area contributed by atoms with E-state index in [1.54, 1.807) is 41.4 Å². The Morgan fingerprint density at radius 3 is 1.44 bits per heavy atom. The van der Waals surface area contributed by atoms with E-state index in [0.717, 1.165) is 11.1 Å². The van der Waals surface area contributed by atoms with Crippen LogP contribution < -0.4 is 0 Å². The number of aliphatic hydroxyl groups is 6. The van der Waals surface area contributed by atoms with E-state index in [4.69, 9.17) is 85.3 Å². The van der Waals surface area contributed by atoms with Crippen LogP contribution in [0.2, 0.25) is 0 Å². The Balaban J connectivity index is 0.651. The number of aliphatic hydroxyl groups excluding tert-OH is 4. The van der Waals surface area contributed by atoms with Crippen LogP contribution in [0.15, 0.2) is 48.1 Å². The summed E-state index contributed by atoms with van der Waals surface area (Å²) >= 11 is 0. The second-order valence-electron chi connectivity index (χ2n) is 29.2. The van der Waals surface area contributed by atoms with Gasteiger partial charge in [-0.15, -0.1) is 0 Å². The lowest BCUT2D eigenvalue weighted by Crippen LogP contribution is -2.75. The smallest absolute Gasteiger partial charge is 0.331 e. The predicted octanol–water partition coefficient (Wildman–Crippen LogP) is 4.48. The monoisotopic (exact) mass is 1380 g/mol. The Labute approximate surface area is 569 Å². The zero-order chi connectivity index (χ0) is 69.6. The van der Waals surface area contributed by atoms with Crippen LogP contribution in [0.3, 0.4) is 0 Å². The average molecular weight is 1380 g/mol. The zero-order valence-electron chi connectivity index (χ0n) is 58.4. The van der Waals surface area contributed by atoms with Crippen LogP contribution in [0.5, 0.6) is 0 Å². The van der Waals surface area contributed by atoms with Crippen molar-refractivity contribution in [3.8, 4) is 0 Å². The first-order chi connectivity index (χ1) is 46.2. The fourth-order valence-electron chi connectivity index (χ4n) is 18.3. The van der Waals surface area contributed by atoms with Crippen molar-refractivity contribution < 1.29 is 125 Å². The third-order valence-corrected chi connectivity index (χ3v) is 23.7. The van der Waals surface area contributed by atoms with E-state index in [1.165, 1.54) is 20.1 Å². The van der Waals surface area contributed by atoms with Crippen LogP contribution in [-0.4, -0.2) is 262 Å². The molecule has 33 unspecified atom stereocenters. The number of hydrogen-bond donors (Lipinski definition) is 6. The number of carbonyl (C=O) groups excluding carboxylic acids is 2. The summed E-state index contributed by atoms with van der Waals surface area (Å²) in [4.78, 5) is 27.0. The highest BCUT2D eigenvalue weighted by Gasteiger charge is 2.77. The summed E-state index contributed by atoms with van der Waals surface area (Å²) < 4.78 is 114. The molecule has 4 aliphatic carbocycles. The number of esters is 1. The van der Waals surface area contributed by atoms with E-state index in [1.807, 2.05) is 65.0 Å². The maximum Gasteiger partial charge on any atom is 0.331 e. The van der Waals surface area contributed by atoms with Crippen LogP contribution in [0.25, 0.3) is 6.08 Å². The van der Waals surface area contributed by atoms with Crippen LogP contribution >= 0.6 is 0 Å². The summed E-state index contributed by atoms with van der Waals surface area (Å²) in [5.74, 6) is -1.75. The molecule has 33 atom stereocenters. The molecule has 0 bridgehead atoms. The lowest BCUT2D eigenvalue weighted by molar-refractivity contribution is -0.360. The SMILES string of the molecule is COC1CC(OC2CCC3(C)C(=CCC4(O)C3CC(OC(=O)C=Cc3ccccc3)C3(C)C(C(C)=O)CCC43O)C2)OC(C)C1OC1CC(OC)C(OC2CC(OC)C(OC3CC(OC)C(OC4CC(OC)C(OC5OC(CO)C(O)C(O)C5O)C(C)O4)C(C)O3)C(C)O2)C(C)O1. The van der Waals surface area contributed by atoms with E-state index >= 15 is 0 Å². The Bertz CT molecular complexity index is 2830. The van der Waals surface area contributed by atoms with Gasteiger partial charge in [-0.2, -0.15) is 0 Å². The summed E-state index contributed by atoms with van der Waals surface area (Å²) in [6.07, 6.45) is -10.3. The van der Waals surface area contributed by atoms with Crippen molar-refractivity contribution >= 4 is 17.8 Å². The van der Waals surface area contributed by atoms with Gasteiger partial charge in [-0.1, -0.05) is 55.8 Å². The molecule has 97 heavy (non-hydrogen) atoms. The number of ether oxygens (including phenoxy) is 18. The first-order valence-corrected chi connectivity index (χ1v) is 35.0. The van der Waals surface area contributed by atoms with Crippen molar-refractivity contribution in [2.24, 2.45) is 22.7 Å². The Hall–Kier alpha value is -3.08. The summed E-state index contributed by atoms with van der Waals surface area (Å²) in [6, 6.07) is 9.44. The van der Waals surface area contributed by atoms with Gasteiger partial charge in [0.2, 0.25) is 0 Å². The van der Waals surface area contributed by atoms with Crippen LogP contribution in [-0.2, 0) is 94.9 Å². The summed E-state index contributed by atoms with van der Waals surface area (Å²) in [5, 5.41) is 67.1. The van der Waals surface area contributed by atoms with E-state index in [-0.39, 0.29) is 37.6 Å². The van der Waals surface area contributed by atoms with Crippen molar-refractivity contribution in [1.82, 2.24) is 0 Å². The number of rotatable bonds is 22. The Kier molecular flexibility index (Phi) is 24.1. The average Bonchev–Trinajstić information content (AvgIpc) is 1.62. The molecule has 0 radical (unpaired) electrons. The van der Waals surface area contributed by atoms with Gasteiger partial charge in [0.05, 0.1) is 73.8 Å². The zero-order valence-corrected chi connectivity index (χ0v) is 58.4. The van der Waals surface area contributed by atoms with Gasteiger partial charge < -0.3 is 116 Å². The third-order valence-electron chi connectivity index (χ3n) is 23.7. The minimum atomic E-state index is -1.70. The van der Waals surface area contributed by atoms with E-state index in [2.05, 4.69) is 13.0 Å². The third kappa shape index (κ3) is 14.8. The molecular weight excluding hydrogens is 1270 g/mol. The Morgan fingerprint density at radius 1 is 0.567 bits per heavy atom. The molecule has 0 spiro atoms. The number of Topliss-reactive ketones (excluding diaryl/α,β-unsaturated/α-hetero) is 1. The van der Waals surface area contributed by atoms with Gasteiger partial charge in [0.1, 0.15) is 78.0 Å². The number of carbonyl (C=O) groups is 2. The van der Waals surface area contributed by atoms with Gasteiger partial charge >= 0.3 is 5.97 Å². The molecular formula is C71H108O26. The molecule has 3 saturated carbocycles. The van der Waals surface area contributed by atoms with E-state index < -0.39 is 206 Å². The van der Waals surface area contributed by atoms with Gasteiger partial charge in [-0.25, -0.2) is 4.79 Å². The highest BCUT2D eigenvalue weighted by Crippen LogP contribution is 2.70. The molecule has 10 aliphatic rings. The van der Waals surface area contributed by atoms with Crippen molar-refractivity contribution in [2.75, 3.05) is 42.2 Å². The topological polar surface area (TPSA) is 322 Å². The van der Waals surface area contributed by atoms with E-state index in [0.29, 0.717) is 51.4 Å². The molecule has 1 aromatic rings. The second kappa shape index (κ2) is 31.1. The van der Waals surface area contributed by atoms with Gasteiger partial charge in [0.25, 0.3) is 0 Å². The molecule has 6 saturated heterocycles. The highest BCUT2D eigenvalue weighted by atomic mass is 16.8. The predicted molar refractivity (Wildman–Crippen MR) is 341 cm³/mol. The fraction of sp³-hybridized carbons (Fsp3) is 0.831. The standard InChI is InChI=1S/C71H108O26/c1-35(73)44-23-26-71(79)69(44,8)52(92-53(74)20-19-41-17-15-14-16-18-41)33-51-68(7)24-22-43(27-42(68)21-25-70(51,71)78)90-54-28-45(80-9)62(36(2)85-54)93-55-29-46(81-10)63(37(3)86-55)94-56-30-47(82-11)64(38(4)87-56)95-57-31-48(83-12)65(39(5)88-57)96-58-32-49(84-13)66(40(6)89-58)97-67-61(77)60(76)59(75)50(34-72)91-67/h14-21,36-40,43-52,54-67,72,75-79H,22-34H2,1-13H3.